The van der Waals surface area contributed by atoms with E-state index in [9.17, 15) is 9.59 Å². The van der Waals surface area contributed by atoms with E-state index in [0.29, 0.717) is 25.6 Å². The molecule has 0 saturated carbocycles. The summed E-state index contributed by atoms with van der Waals surface area (Å²) in [5.41, 5.74) is 1.08. The van der Waals surface area contributed by atoms with Crippen molar-refractivity contribution < 1.29 is 9.59 Å². The number of carbonyl (C=O) groups excluding carboxylic acids is 2. The number of amides is 3. The number of hydrogen-bond acceptors (Lipinski definition) is 3. The van der Waals surface area contributed by atoms with E-state index in [0.717, 1.165) is 25.2 Å². The lowest BCUT2D eigenvalue weighted by Crippen LogP contribution is -2.51. The van der Waals surface area contributed by atoms with Crippen LogP contribution < -0.4 is 10.6 Å². The summed E-state index contributed by atoms with van der Waals surface area (Å²) in [6.07, 6.45) is 0.345. The van der Waals surface area contributed by atoms with Gasteiger partial charge in [0.2, 0.25) is 5.91 Å². The van der Waals surface area contributed by atoms with Crippen molar-refractivity contribution in [3.63, 3.8) is 0 Å². The van der Waals surface area contributed by atoms with Crippen LogP contribution in [0.15, 0.2) is 30.3 Å². The number of benzene rings is 1. The zero-order valence-corrected chi connectivity index (χ0v) is 15.1. The van der Waals surface area contributed by atoms with Crippen molar-refractivity contribution in [1.29, 1.82) is 0 Å². The molecule has 1 heterocycles. The van der Waals surface area contributed by atoms with Gasteiger partial charge in [-0.25, -0.2) is 4.79 Å². The Morgan fingerprint density at radius 3 is 2.71 bits per heavy atom. The zero-order chi connectivity index (χ0) is 16.7. The van der Waals surface area contributed by atoms with Crippen LogP contribution in [0.5, 0.6) is 0 Å². The summed E-state index contributed by atoms with van der Waals surface area (Å²) in [5, 5.41) is 6.12. The third-order valence-corrected chi connectivity index (χ3v) is 3.95. The summed E-state index contributed by atoms with van der Waals surface area (Å²) in [4.78, 5) is 27.6. The van der Waals surface area contributed by atoms with Crippen LogP contribution in [0.2, 0.25) is 0 Å². The van der Waals surface area contributed by atoms with Gasteiger partial charge in [-0.1, -0.05) is 30.3 Å². The molecule has 134 valence electrons. The van der Waals surface area contributed by atoms with Crippen molar-refractivity contribution in [2.45, 2.75) is 25.9 Å². The Bertz CT molecular complexity index is 527. The second kappa shape index (κ2) is 10.2. The van der Waals surface area contributed by atoms with E-state index in [4.69, 9.17) is 0 Å². The Morgan fingerprint density at radius 2 is 2.04 bits per heavy atom. The average Bonchev–Trinajstić information content (AvgIpc) is 2.55. The molecule has 2 N–H and O–H groups in total. The fraction of sp³-hybridized carbons (Fsp3) is 0.529. The number of nitrogens with zero attached hydrogens (tertiary/aromatic N) is 2. The Balaban J connectivity index is 0.00000288. The Labute approximate surface area is 150 Å². The van der Waals surface area contributed by atoms with Gasteiger partial charge >= 0.3 is 6.03 Å². The largest absolute Gasteiger partial charge is 0.340 e. The lowest BCUT2D eigenvalue weighted by molar-refractivity contribution is -0.132. The van der Waals surface area contributed by atoms with Crippen molar-refractivity contribution in [2.75, 3.05) is 33.2 Å². The van der Waals surface area contributed by atoms with Crippen LogP contribution >= 0.6 is 12.4 Å². The summed E-state index contributed by atoms with van der Waals surface area (Å²) in [7, 11) is 1.75. The molecule has 1 saturated heterocycles. The Hall–Kier alpha value is -1.79. The molecule has 1 fully saturated rings. The first kappa shape index (κ1) is 20.3. The highest BCUT2D eigenvalue weighted by atomic mass is 35.5. The van der Waals surface area contributed by atoms with E-state index in [2.05, 4.69) is 17.6 Å². The van der Waals surface area contributed by atoms with Crippen LogP contribution in [0, 0.1) is 0 Å². The molecule has 7 heteroatoms. The molecule has 1 atom stereocenters. The summed E-state index contributed by atoms with van der Waals surface area (Å²) < 4.78 is 0. The number of piperazine rings is 1. The van der Waals surface area contributed by atoms with Gasteiger partial charge < -0.3 is 20.4 Å². The van der Waals surface area contributed by atoms with E-state index < -0.39 is 0 Å². The first-order chi connectivity index (χ1) is 11.1. The molecule has 2 rings (SSSR count). The van der Waals surface area contributed by atoms with Crippen molar-refractivity contribution in [1.82, 2.24) is 20.4 Å². The minimum absolute atomic E-state index is 0. The summed E-state index contributed by atoms with van der Waals surface area (Å²) >= 11 is 0. The lowest BCUT2D eigenvalue weighted by Gasteiger charge is -2.32. The number of rotatable bonds is 5. The van der Waals surface area contributed by atoms with Crippen molar-refractivity contribution in [2.24, 2.45) is 0 Å². The average molecular weight is 355 g/mol. The predicted molar refractivity (Wildman–Crippen MR) is 97.2 cm³/mol. The highest BCUT2D eigenvalue weighted by Gasteiger charge is 2.20. The van der Waals surface area contributed by atoms with E-state index in [1.54, 1.807) is 11.9 Å². The van der Waals surface area contributed by atoms with Crippen LogP contribution in [0.3, 0.4) is 0 Å². The number of nitrogens with one attached hydrogen (secondary N) is 2. The van der Waals surface area contributed by atoms with Gasteiger partial charge in [-0.05, 0) is 12.5 Å². The predicted octanol–water partition coefficient (Wildman–Crippen LogP) is 1.46. The second-order valence-corrected chi connectivity index (χ2v) is 6.02. The summed E-state index contributed by atoms with van der Waals surface area (Å²) in [5.74, 6) is 0.101. The van der Waals surface area contributed by atoms with E-state index in [-0.39, 0.29) is 24.3 Å². The molecule has 1 aliphatic heterocycles. The number of hydrogen-bond donors (Lipinski definition) is 2. The smallest absolute Gasteiger partial charge is 0.317 e. The summed E-state index contributed by atoms with van der Waals surface area (Å²) in [6, 6.07) is 10.0. The molecule has 1 aromatic carbocycles. The third-order valence-electron chi connectivity index (χ3n) is 3.95. The third kappa shape index (κ3) is 6.37. The van der Waals surface area contributed by atoms with E-state index >= 15 is 0 Å². The first-order valence-electron chi connectivity index (χ1n) is 8.10. The molecule has 0 aliphatic carbocycles. The van der Waals surface area contributed by atoms with E-state index in [1.807, 2.05) is 35.2 Å². The van der Waals surface area contributed by atoms with Crippen LogP contribution in [-0.2, 0) is 11.3 Å². The molecule has 1 aromatic rings. The van der Waals surface area contributed by atoms with Crippen LogP contribution in [0.25, 0.3) is 0 Å². The van der Waals surface area contributed by atoms with Gasteiger partial charge in [0.15, 0.2) is 0 Å². The molecular formula is C17H27ClN4O2. The fourth-order valence-corrected chi connectivity index (χ4v) is 2.66. The number of urea groups is 1. The molecule has 0 spiro atoms. The van der Waals surface area contributed by atoms with Crippen LogP contribution in [0.4, 0.5) is 4.79 Å². The van der Waals surface area contributed by atoms with Gasteiger partial charge in [0.25, 0.3) is 0 Å². The number of carbonyl (C=O) groups is 2. The minimum Gasteiger partial charge on any atom is -0.340 e. The Kier molecular flexibility index (Phi) is 8.57. The van der Waals surface area contributed by atoms with Gasteiger partial charge in [-0.2, -0.15) is 0 Å². The molecule has 6 nitrogen and oxygen atoms in total. The maximum Gasteiger partial charge on any atom is 0.317 e. The van der Waals surface area contributed by atoms with Crippen molar-refractivity contribution in [3.05, 3.63) is 35.9 Å². The maximum absolute atomic E-state index is 12.1. The molecule has 0 aromatic heterocycles. The molecule has 24 heavy (non-hydrogen) atoms. The normalized spacial score (nSPS) is 16.9. The summed E-state index contributed by atoms with van der Waals surface area (Å²) in [6.45, 7) is 5.30. The molecule has 3 amide bonds. The van der Waals surface area contributed by atoms with Gasteiger partial charge in [-0.15, -0.1) is 12.4 Å². The highest BCUT2D eigenvalue weighted by molar-refractivity contribution is 5.85. The monoisotopic (exact) mass is 354 g/mol. The lowest BCUT2D eigenvalue weighted by atomic mass is 10.2. The quantitative estimate of drug-likeness (QED) is 0.841. The molecule has 1 unspecified atom stereocenters. The van der Waals surface area contributed by atoms with Crippen molar-refractivity contribution in [3.8, 4) is 0 Å². The number of halogens is 1. The molecule has 0 radical (unpaired) electrons. The first-order valence-corrected chi connectivity index (χ1v) is 8.10. The molecule has 0 bridgehead atoms. The maximum atomic E-state index is 12.1. The SMILES string of the molecule is CC1CN(C(=O)CCNC(=O)N(C)Cc2ccccc2)CCN1.Cl. The Morgan fingerprint density at radius 1 is 1.33 bits per heavy atom. The second-order valence-electron chi connectivity index (χ2n) is 6.02. The van der Waals surface area contributed by atoms with E-state index in [1.165, 1.54) is 0 Å². The van der Waals surface area contributed by atoms with Gasteiger partial charge in [0.1, 0.15) is 0 Å². The van der Waals surface area contributed by atoms with Crippen LogP contribution in [0.1, 0.15) is 18.9 Å². The zero-order valence-electron chi connectivity index (χ0n) is 14.3. The van der Waals surface area contributed by atoms with Gasteiger partial charge in [0, 0.05) is 52.2 Å². The topological polar surface area (TPSA) is 64.7 Å². The highest BCUT2D eigenvalue weighted by Crippen LogP contribution is 2.03. The fourth-order valence-electron chi connectivity index (χ4n) is 2.66. The van der Waals surface area contributed by atoms with Crippen LogP contribution in [-0.4, -0.2) is 61.0 Å². The van der Waals surface area contributed by atoms with Gasteiger partial charge in [0.05, 0.1) is 0 Å². The molecular weight excluding hydrogens is 328 g/mol. The molecule has 1 aliphatic rings. The standard InChI is InChI=1S/C17H26N4O2.ClH/c1-14-12-21(11-10-18-14)16(22)8-9-19-17(23)20(2)13-15-6-4-3-5-7-15;/h3-7,14,18H,8-13H2,1-2H3,(H,19,23);1H. The van der Waals surface area contributed by atoms with Crippen molar-refractivity contribution >= 4 is 24.3 Å². The minimum atomic E-state index is -0.157. The van der Waals surface area contributed by atoms with Gasteiger partial charge in [-0.3, -0.25) is 4.79 Å².